The van der Waals surface area contributed by atoms with E-state index in [4.69, 9.17) is 0 Å². The van der Waals surface area contributed by atoms with Gasteiger partial charge in [0.1, 0.15) is 5.82 Å². The SMILES string of the molecule is C[C@@H]1CN(c2ccc(F)cc2C(F)(F)F)CCN1S(=O)(=O)c1cccc(C(C)(C)O)c1. The highest BCUT2D eigenvalue weighted by atomic mass is 32.2. The zero-order valence-corrected chi connectivity index (χ0v) is 18.1. The minimum Gasteiger partial charge on any atom is -0.386 e. The number of benzene rings is 2. The van der Waals surface area contributed by atoms with Gasteiger partial charge in [0, 0.05) is 31.4 Å². The predicted octanol–water partition coefficient (Wildman–Crippen LogP) is 3.97. The van der Waals surface area contributed by atoms with Gasteiger partial charge in [-0.15, -0.1) is 0 Å². The first-order valence-corrected chi connectivity index (χ1v) is 11.1. The second-order valence-electron chi connectivity index (χ2n) is 8.16. The third kappa shape index (κ3) is 4.86. The molecule has 0 amide bonds. The van der Waals surface area contributed by atoms with E-state index < -0.39 is 39.2 Å². The van der Waals surface area contributed by atoms with Crippen LogP contribution in [0.2, 0.25) is 0 Å². The van der Waals surface area contributed by atoms with E-state index in [0.717, 1.165) is 12.1 Å². The van der Waals surface area contributed by atoms with E-state index in [1.807, 2.05) is 0 Å². The Labute approximate surface area is 179 Å². The normalized spacial score (nSPS) is 19.0. The second kappa shape index (κ2) is 8.07. The highest BCUT2D eigenvalue weighted by molar-refractivity contribution is 7.89. The van der Waals surface area contributed by atoms with Crippen LogP contribution in [0.5, 0.6) is 0 Å². The van der Waals surface area contributed by atoms with E-state index in [0.29, 0.717) is 11.6 Å². The van der Waals surface area contributed by atoms with Crippen molar-refractivity contribution in [2.24, 2.45) is 0 Å². The Morgan fingerprint density at radius 3 is 2.32 bits per heavy atom. The average Bonchev–Trinajstić information content (AvgIpc) is 2.66. The van der Waals surface area contributed by atoms with Crippen molar-refractivity contribution in [2.45, 2.75) is 43.5 Å². The highest BCUT2D eigenvalue weighted by Gasteiger charge is 2.39. The summed E-state index contributed by atoms with van der Waals surface area (Å²) >= 11 is 0. The molecule has 1 heterocycles. The van der Waals surface area contributed by atoms with Crippen molar-refractivity contribution in [3.05, 3.63) is 59.4 Å². The number of piperazine rings is 1. The Morgan fingerprint density at radius 2 is 1.74 bits per heavy atom. The molecule has 1 fully saturated rings. The maximum atomic E-state index is 13.4. The number of sulfonamides is 1. The van der Waals surface area contributed by atoms with E-state index in [-0.39, 0.29) is 30.2 Å². The molecule has 31 heavy (non-hydrogen) atoms. The van der Waals surface area contributed by atoms with Gasteiger partial charge in [-0.3, -0.25) is 0 Å². The van der Waals surface area contributed by atoms with Crippen molar-refractivity contribution in [1.82, 2.24) is 4.31 Å². The molecule has 5 nitrogen and oxygen atoms in total. The lowest BCUT2D eigenvalue weighted by Crippen LogP contribution is -2.54. The molecule has 1 aliphatic rings. The molecule has 1 saturated heterocycles. The standard InChI is InChI=1S/C21H24F4N2O3S/c1-14-13-26(19-8-7-16(22)12-18(19)21(23,24)25)9-10-27(14)31(29,30)17-6-4-5-15(11-17)20(2,3)28/h4-8,11-12,14,28H,9-10,13H2,1-3H3/t14-/m1/s1. The van der Waals surface area contributed by atoms with Crippen LogP contribution in [0.4, 0.5) is 23.2 Å². The lowest BCUT2D eigenvalue weighted by molar-refractivity contribution is -0.137. The van der Waals surface area contributed by atoms with Crippen LogP contribution in [0, 0.1) is 5.82 Å². The lowest BCUT2D eigenvalue weighted by atomic mass is 9.99. The van der Waals surface area contributed by atoms with E-state index >= 15 is 0 Å². The first-order chi connectivity index (χ1) is 14.2. The Hall–Kier alpha value is -2.17. The van der Waals surface area contributed by atoms with Gasteiger partial charge in [0.15, 0.2) is 0 Å². The highest BCUT2D eigenvalue weighted by Crippen LogP contribution is 2.38. The number of hydrogen-bond acceptors (Lipinski definition) is 4. The lowest BCUT2D eigenvalue weighted by Gasteiger charge is -2.40. The maximum Gasteiger partial charge on any atom is 0.418 e. The smallest absolute Gasteiger partial charge is 0.386 e. The summed E-state index contributed by atoms with van der Waals surface area (Å²) < 4.78 is 81.2. The Balaban J connectivity index is 1.88. The van der Waals surface area contributed by atoms with Crippen LogP contribution in [0.3, 0.4) is 0 Å². The van der Waals surface area contributed by atoms with Crippen LogP contribution in [0.15, 0.2) is 47.4 Å². The molecular weight excluding hydrogens is 436 g/mol. The molecule has 1 N–H and O–H groups in total. The number of aliphatic hydroxyl groups is 1. The monoisotopic (exact) mass is 460 g/mol. The van der Waals surface area contributed by atoms with Crippen LogP contribution < -0.4 is 4.90 Å². The van der Waals surface area contributed by atoms with Crippen molar-refractivity contribution < 1.29 is 31.1 Å². The zero-order chi connectivity index (χ0) is 23.2. The van der Waals surface area contributed by atoms with Crippen molar-refractivity contribution in [2.75, 3.05) is 24.5 Å². The first kappa shape index (κ1) is 23.5. The zero-order valence-electron chi connectivity index (χ0n) is 17.3. The molecule has 0 radical (unpaired) electrons. The van der Waals surface area contributed by atoms with Gasteiger partial charge in [0.2, 0.25) is 10.0 Å². The van der Waals surface area contributed by atoms with E-state index in [2.05, 4.69) is 0 Å². The summed E-state index contributed by atoms with van der Waals surface area (Å²) in [4.78, 5) is 1.43. The molecule has 0 aliphatic carbocycles. The minimum atomic E-state index is -4.73. The molecule has 10 heteroatoms. The summed E-state index contributed by atoms with van der Waals surface area (Å²) in [6.07, 6.45) is -4.73. The maximum absolute atomic E-state index is 13.4. The van der Waals surface area contributed by atoms with Gasteiger partial charge >= 0.3 is 6.18 Å². The number of nitrogens with zero attached hydrogens (tertiary/aromatic N) is 2. The van der Waals surface area contributed by atoms with Gasteiger partial charge in [-0.05, 0) is 56.7 Å². The quantitative estimate of drug-likeness (QED) is 0.702. The number of rotatable bonds is 4. The third-order valence-electron chi connectivity index (χ3n) is 5.32. The predicted molar refractivity (Wildman–Crippen MR) is 109 cm³/mol. The van der Waals surface area contributed by atoms with Gasteiger partial charge in [0.25, 0.3) is 0 Å². The summed E-state index contributed by atoms with van der Waals surface area (Å²) in [6.45, 7) is 4.69. The van der Waals surface area contributed by atoms with Crippen LogP contribution >= 0.6 is 0 Å². The molecule has 0 aromatic heterocycles. The Bertz CT molecular complexity index is 1070. The summed E-state index contributed by atoms with van der Waals surface area (Å²) in [5.74, 6) is -0.989. The van der Waals surface area contributed by atoms with Crippen molar-refractivity contribution in [3.63, 3.8) is 0 Å². The van der Waals surface area contributed by atoms with E-state index in [1.54, 1.807) is 26.8 Å². The van der Waals surface area contributed by atoms with Gasteiger partial charge in [-0.1, -0.05) is 12.1 Å². The molecule has 2 aromatic rings. The van der Waals surface area contributed by atoms with Crippen LogP contribution in [0.1, 0.15) is 31.9 Å². The fraction of sp³-hybridized carbons (Fsp3) is 0.429. The van der Waals surface area contributed by atoms with E-state index in [1.165, 1.54) is 27.4 Å². The molecule has 1 atom stereocenters. The molecule has 0 unspecified atom stereocenters. The van der Waals surface area contributed by atoms with Crippen molar-refractivity contribution in [1.29, 1.82) is 0 Å². The molecule has 1 aliphatic heterocycles. The molecule has 3 rings (SSSR count). The Morgan fingerprint density at radius 1 is 1.06 bits per heavy atom. The number of anilines is 1. The summed E-state index contributed by atoms with van der Waals surface area (Å²) in [7, 11) is -3.93. The van der Waals surface area contributed by atoms with Crippen LogP contribution in [-0.2, 0) is 21.8 Å². The molecule has 0 saturated carbocycles. The van der Waals surface area contributed by atoms with Gasteiger partial charge < -0.3 is 10.0 Å². The van der Waals surface area contributed by atoms with Gasteiger partial charge in [-0.2, -0.15) is 17.5 Å². The first-order valence-electron chi connectivity index (χ1n) is 9.68. The summed E-state index contributed by atoms with van der Waals surface area (Å²) in [5, 5.41) is 10.2. The molecule has 170 valence electrons. The van der Waals surface area contributed by atoms with Crippen molar-refractivity contribution in [3.8, 4) is 0 Å². The molecule has 0 bridgehead atoms. The summed E-state index contributed by atoms with van der Waals surface area (Å²) in [5.41, 5.74) is -2.07. The van der Waals surface area contributed by atoms with Gasteiger partial charge in [0.05, 0.1) is 16.1 Å². The van der Waals surface area contributed by atoms with E-state index in [9.17, 15) is 31.1 Å². The molecule has 0 spiro atoms. The molecular formula is C21H24F4N2O3S. The largest absolute Gasteiger partial charge is 0.418 e. The topological polar surface area (TPSA) is 60.9 Å². The molecule has 2 aromatic carbocycles. The third-order valence-corrected chi connectivity index (χ3v) is 7.33. The number of alkyl halides is 3. The number of hydrogen-bond donors (Lipinski definition) is 1. The average molecular weight is 460 g/mol. The Kier molecular flexibility index (Phi) is 6.11. The van der Waals surface area contributed by atoms with Crippen LogP contribution in [0.25, 0.3) is 0 Å². The van der Waals surface area contributed by atoms with Crippen LogP contribution in [-0.4, -0.2) is 43.5 Å². The summed E-state index contributed by atoms with van der Waals surface area (Å²) in [6, 6.07) is 7.83. The second-order valence-corrected chi connectivity index (χ2v) is 10.0. The van der Waals surface area contributed by atoms with Crippen molar-refractivity contribution >= 4 is 15.7 Å². The number of halogens is 4. The fourth-order valence-corrected chi connectivity index (χ4v) is 5.36. The fourth-order valence-electron chi connectivity index (χ4n) is 3.70. The minimum absolute atomic E-state index is 0.00480. The van der Waals surface area contributed by atoms with Gasteiger partial charge in [-0.25, -0.2) is 12.8 Å².